The number of carbonyl (C=O) groups is 2. The molecule has 0 aliphatic carbocycles. The van der Waals surface area contributed by atoms with Crippen LogP contribution in [0.2, 0.25) is 0 Å². The highest BCUT2D eigenvalue weighted by Crippen LogP contribution is 2.35. The predicted molar refractivity (Wildman–Crippen MR) is 84.5 cm³/mol. The second-order valence-corrected chi connectivity index (χ2v) is 6.99. The number of hydrogen-bond acceptors (Lipinski definition) is 3. The SMILES string of the molecule is C[C@H]1C[C@H](C)N(C(=O)CN2C(=O)CSc3ccccc32)C1. The Morgan fingerprint density at radius 2 is 2.10 bits per heavy atom. The molecule has 21 heavy (non-hydrogen) atoms. The maximum Gasteiger partial charge on any atom is 0.242 e. The van der Waals surface area contributed by atoms with Crippen LogP contribution in [0.1, 0.15) is 20.3 Å². The minimum atomic E-state index is 0.0203. The molecule has 112 valence electrons. The maximum atomic E-state index is 12.6. The third kappa shape index (κ3) is 2.79. The van der Waals surface area contributed by atoms with Gasteiger partial charge in [0.05, 0.1) is 11.4 Å². The van der Waals surface area contributed by atoms with E-state index in [9.17, 15) is 9.59 Å². The number of nitrogens with zero attached hydrogens (tertiary/aromatic N) is 2. The number of carbonyl (C=O) groups excluding carboxylic acids is 2. The van der Waals surface area contributed by atoms with Gasteiger partial charge in [0.15, 0.2) is 0 Å². The first-order valence-corrected chi connectivity index (χ1v) is 8.36. The van der Waals surface area contributed by atoms with Gasteiger partial charge in [-0.2, -0.15) is 0 Å². The summed E-state index contributed by atoms with van der Waals surface area (Å²) in [6.45, 7) is 5.22. The Bertz CT molecular complexity index is 575. The molecule has 1 saturated heterocycles. The van der Waals surface area contributed by atoms with Crippen molar-refractivity contribution in [3.63, 3.8) is 0 Å². The van der Waals surface area contributed by atoms with Gasteiger partial charge in [0.2, 0.25) is 11.8 Å². The van der Waals surface area contributed by atoms with Crippen molar-refractivity contribution in [1.82, 2.24) is 4.90 Å². The maximum absolute atomic E-state index is 12.6. The third-order valence-electron chi connectivity index (χ3n) is 4.21. The van der Waals surface area contributed by atoms with Gasteiger partial charge in [-0.1, -0.05) is 19.1 Å². The van der Waals surface area contributed by atoms with E-state index in [0.29, 0.717) is 11.7 Å². The molecule has 1 aromatic carbocycles. The molecule has 0 unspecified atom stereocenters. The van der Waals surface area contributed by atoms with E-state index >= 15 is 0 Å². The second kappa shape index (κ2) is 5.72. The molecule has 1 fully saturated rings. The van der Waals surface area contributed by atoms with Crippen LogP contribution in [0.15, 0.2) is 29.2 Å². The van der Waals surface area contributed by atoms with Crippen molar-refractivity contribution in [2.24, 2.45) is 5.92 Å². The van der Waals surface area contributed by atoms with E-state index in [1.54, 1.807) is 16.7 Å². The van der Waals surface area contributed by atoms with Crippen molar-refractivity contribution in [2.75, 3.05) is 23.7 Å². The van der Waals surface area contributed by atoms with Crippen LogP contribution in [-0.4, -0.2) is 41.6 Å². The summed E-state index contributed by atoms with van der Waals surface area (Å²) < 4.78 is 0. The lowest BCUT2D eigenvalue weighted by molar-refractivity contribution is -0.131. The fraction of sp³-hybridized carbons (Fsp3) is 0.500. The average Bonchev–Trinajstić information content (AvgIpc) is 2.81. The Hall–Kier alpha value is -1.49. The zero-order valence-electron chi connectivity index (χ0n) is 12.4. The van der Waals surface area contributed by atoms with E-state index in [4.69, 9.17) is 0 Å². The van der Waals surface area contributed by atoms with Gasteiger partial charge in [-0.15, -0.1) is 11.8 Å². The van der Waals surface area contributed by atoms with Crippen molar-refractivity contribution in [3.05, 3.63) is 24.3 Å². The highest BCUT2D eigenvalue weighted by molar-refractivity contribution is 8.00. The fourth-order valence-corrected chi connectivity index (χ4v) is 4.14. The summed E-state index contributed by atoms with van der Waals surface area (Å²) in [5.74, 6) is 1.04. The number of anilines is 1. The first-order chi connectivity index (χ1) is 10.1. The average molecular weight is 304 g/mol. The second-order valence-electron chi connectivity index (χ2n) is 5.97. The molecule has 2 amide bonds. The van der Waals surface area contributed by atoms with Gasteiger partial charge < -0.3 is 9.80 Å². The van der Waals surface area contributed by atoms with Crippen molar-refractivity contribution in [3.8, 4) is 0 Å². The van der Waals surface area contributed by atoms with Crippen LogP contribution >= 0.6 is 11.8 Å². The number of amides is 2. The minimum absolute atomic E-state index is 0.0203. The number of hydrogen-bond donors (Lipinski definition) is 0. The first kappa shape index (κ1) is 14.4. The molecule has 0 radical (unpaired) electrons. The monoisotopic (exact) mass is 304 g/mol. The van der Waals surface area contributed by atoms with E-state index in [-0.39, 0.29) is 24.4 Å². The van der Waals surface area contributed by atoms with Crippen LogP contribution in [0, 0.1) is 5.92 Å². The quantitative estimate of drug-likeness (QED) is 0.842. The Morgan fingerprint density at radius 1 is 1.33 bits per heavy atom. The largest absolute Gasteiger partial charge is 0.338 e. The molecule has 3 rings (SSSR count). The van der Waals surface area contributed by atoms with E-state index < -0.39 is 0 Å². The highest BCUT2D eigenvalue weighted by Gasteiger charge is 2.33. The van der Waals surface area contributed by atoms with Gasteiger partial charge >= 0.3 is 0 Å². The molecule has 5 heteroatoms. The molecule has 2 atom stereocenters. The van der Waals surface area contributed by atoms with Crippen LogP contribution in [0.5, 0.6) is 0 Å². The van der Waals surface area contributed by atoms with Gasteiger partial charge in [0.1, 0.15) is 6.54 Å². The summed E-state index contributed by atoms with van der Waals surface area (Å²) in [6.07, 6.45) is 1.05. The molecule has 2 aliphatic heterocycles. The molecule has 2 heterocycles. The number of para-hydroxylation sites is 1. The molecule has 0 N–H and O–H groups in total. The van der Waals surface area contributed by atoms with Gasteiger partial charge in [0, 0.05) is 17.5 Å². The van der Waals surface area contributed by atoms with E-state index in [1.807, 2.05) is 29.2 Å². The third-order valence-corrected chi connectivity index (χ3v) is 5.25. The number of rotatable bonds is 2. The number of thioether (sulfide) groups is 1. The molecule has 1 aromatic rings. The highest BCUT2D eigenvalue weighted by atomic mass is 32.2. The number of likely N-dealkylation sites (tertiary alicyclic amines) is 1. The number of benzene rings is 1. The van der Waals surface area contributed by atoms with Crippen molar-refractivity contribution >= 4 is 29.3 Å². The van der Waals surface area contributed by atoms with E-state index in [1.165, 1.54) is 0 Å². The summed E-state index contributed by atoms with van der Waals surface area (Å²) in [4.78, 5) is 29.4. The summed E-state index contributed by atoms with van der Waals surface area (Å²) in [5.41, 5.74) is 0.868. The van der Waals surface area contributed by atoms with Crippen LogP contribution in [0.3, 0.4) is 0 Å². The normalized spacial score (nSPS) is 25.1. The molecule has 0 saturated carbocycles. The van der Waals surface area contributed by atoms with Gasteiger partial charge in [-0.25, -0.2) is 0 Å². The summed E-state index contributed by atoms with van der Waals surface area (Å²) in [5, 5.41) is 0. The number of fused-ring (bicyclic) bond motifs is 1. The lowest BCUT2D eigenvalue weighted by Crippen LogP contribution is -2.46. The summed E-state index contributed by atoms with van der Waals surface area (Å²) in [6, 6.07) is 8.08. The Labute approximate surface area is 129 Å². The topological polar surface area (TPSA) is 40.6 Å². The predicted octanol–water partition coefficient (Wildman–Crippen LogP) is 2.38. The van der Waals surface area contributed by atoms with Crippen LogP contribution < -0.4 is 4.90 Å². The smallest absolute Gasteiger partial charge is 0.242 e. The lowest BCUT2D eigenvalue weighted by Gasteiger charge is -2.31. The zero-order valence-corrected chi connectivity index (χ0v) is 13.2. The van der Waals surface area contributed by atoms with E-state index in [2.05, 4.69) is 13.8 Å². The Balaban J connectivity index is 1.78. The molecule has 2 aliphatic rings. The van der Waals surface area contributed by atoms with Crippen LogP contribution in [0.25, 0.3) is 0 Å². The van der Waals surface area contributed by atoms with E-state index in [0.717, 1.165) is 23.5 Å². The molecule has 0 spiro atoms. The minimum Gasteiger partial charge on any atom is -0.338 e. The molecular weight excluding hydrogens is 284 g/mol. The lowest BCUT2D eigenvalue weighted by atomic mass is 10.1. The molecular formula is C16H20N2O2S. The van der Waals surface area contributed by atoms with Gasteiger partial charge in [0.25, 0.3) is 0 Å². The van der Waals surface area contributed by atoms with Gasteiger partial charge in [-0.3, -0.25) is 9.59 Å². The molecule has 4 nitrogen and oxygen atoms in total. The van der Waals surface area contributed by atoms with Crippen molar-refractivity contribution < 1.29 is 9.59 Å². The van der Waals surface area contributed by atoms with Crippen LogP contribution in [-0.2, 0) is 9.59 Å². The molecule has 0 aromatic heterocycles. The summed E-state index contributed by atoms with van der Waals surface area (Å²) >= 11 is 1.54. The van der Waals surface area contributed by atoms with Crippen molar-refractivity contribution in [2.45, 2.75) is 31.2 Å². The molecule has 0 bridgehead atoms. The Kier molecular flexibility index (Phi) is 3.93. The van der Waals surface area contributed by atoms with Crippen LogP contribution in [0.4, 0.5) is 5.69 Å². The standard InChI is InChI=1S/C16H20N2O2S/c1-11-7-12(2)17(8-11)15(19)9-18-13-5-3-4-6-14(13)21-10-16(18)20/h3-6,11-12H,7-10H2,1-2H3/t11-,12-/m0/s1. The first-order valence-electron chi connectivity index (χ1n) is 7.38. The summed E-state index contributed by atoms with van der Waals surface area (Å²) in [7, 11) is 0. The Morgan fingerprint density at radius 3 is 2.81 bits per heavy atom. The van der Waals surface area contributed by atoms with Crippen molar-refractivity contribution in [1.29, 1.82) is 0 Å². The van der Waals surface area contributed by atoms with Gasteiger partial charge in [-0.05, 0) is 31.4 Å². The fourth-order valence-electron chi connectivity index (χ4n) is 3.20. The zero-order chi connectivity index (χ0) is 15.0.